The molecule has 130 valence electrons. The van der Waals surface area contributed by atoms with Crippen LogP contribution >= 0.6 is 0 Å². The SMILES string of the molecule is Cc1[nH]c2ccccc2c1CCNC(=O)N(C)CC1CCCC1O. The number of hydrogen-bond donors (Lipinski definition) is 3. The lowest BCUT2D eigenvalue weighted by Crippen LogP contribution is -2.41. The van der Waals surface area contributed by atoms with Gasteiger partial charge in [0.1, 0.15) is 0 Å². The van der Waals surface area contributed by atoms with E-state index in [4.69, 9.17) is 0 Å². The summed E-state index contributed by atoms with van der Waals surface area (Å²) in [6.07, 6.45) is 3.48. The molecule has 3 N–H and O–H groups in total. The van der Waals surface area contributed by atoms with Gasteiger partial charge in [-0.3, -0.25) is 0 Å². The average Bonchev–Trinajstić information content (AvgIpc) is 3.11. The lowest BCUT2D eigenvalue weighted by atomic mass is 10.1. The predicted octanol–water partition coefficient (Wildman–Crippen LogP) is 2.82. The lowest BCUT2D eigenvalue weighted by Gasteiger charge is -2.23. The Morgan fingerprint density at radius 2 is 2.17 bits per heavy atom. The molecule has 1 aromatic heterocycles. The van der Waals surface area contributed by atoms with Crippen molar-refractivity contribution in [2.24, 2.45) is 5.92 Å². The first kappa shape index (κ1) is 16.8. The Labute approximate surface area is 143 Å². The number of benzene rings is 1. The lowest BCUT2D eigenvalue weighted by molar-refractivity contribution is 0.114. The summed E-state index contributed by atoms with van der Waals surface area (Å²) in [5.41, 5.74) is 3.57. The number of urea groups is 1. The van der Waals surface area contributed by atoms with E-state index in [0.29, 0.717) is 13.1 Å². The van der Waals surface area contributed by atoms with E-state index in [1.807, 2.05) is 12.1 Å². The molecule has 0 bridgehead atoms. The molecule has 2 amide bonds. The van der Waals surface area contributed by atoms with Crippen molar-refractivity contribution in [3.05, 3.63) is 35.5 Å². The summed E-state index contributed by atoms with van der Waals surface area (Å²) in [6, 6.07) is 8.19. The second-order valence-corrected chi connectivity index (χ2v) is 6.89. The second kappa shape index (κ2) is 7.26. The van der Waals surface area contributed by atoms with Gasteiger partial charge in [0.15, 0.2) is 0 Å². The number of aryl methyl sites for hydroxylation is 1. The van der Waals surface area contributed by atoms with Crippen molar-refractivity contribution in [1.29, 1.82) is 0 Å². The molecule has 0 spiro atoms. The van der Waals surface area contributed by atoms with Crippen molar-refractivity contribution in [3.63, 3.8) is 0 Å². The topological polar surface area (TPSA) is 68.4 Å². The van der Waals surface area contributed by atoms with Crippen LogP contribution < -0.4 is 5.32 Å². The van der Waals surface area contributed by atoms with Crippen molar-refractivity contribution in [2.45, 2.75) is 38.7 Å². The molecular formula is C19H27N3O2. The highest BCUT2D eigenvalue weighted by atomic mass is 16.3. The average molecular weight is 329 g/mol. The van der Waals surface area contributed by atoms with Crippen LogP contribution in [0.2, 0.25) is 0 Å². The third-order valence-electron chi connectivity index (χ3n) is 5.15. The van der Waals surface area contributed by atoms with Crippen LogP contribution in [0.4, 0.5) is 4.79 Å². The van der Waals surface area contributed by atoms with Crippen LogP contribution in [0.3, 0.4) is 0 Å². The zero-order valence-electron chi connectivity index (χ0n) is 14.5. The van der Waals surface area contributed by atoms with Gasteiger partial charge in [0.2, 0.25) is 0 Å². The van der Waals surface area contributed by atoms with Gasteiger partial charge in [0.25, 0.3) is 0 Å². The maximum atomic E-state index is 12.2. The van der Waals surface area contributed by atoms with Gasteiger partial charge in [0.05, 0.1) is 6.10 Å². The van der Waals surface area contributed by atoms with Gasteiger partial charge in [-0.25, -0.2) is 4.79 Å². The van der Waals surface area contributed by atoms with Crippen LogP contribution in [0.25, 0.3) is 10.9 Å². The Hall–Kier alpha value is -2.01. The van der Waals surface area contributed by atoms with E-state index in [-0.39, 0.29) is 18.1 Å². The van der Waals surface area contributed by atoms with Crippen molar-refractivity contribution in [2.75, 3.05) is 20.1 Å². The van der Waals surface area contributed by atoms with Gasteiger partial charge in [-0.15, -0.1) is 0 Å². The molecule has 2 unspecified atom stereocenters. The summed E-state index contributed by atoms with van der Waals surface area (Å²) < 4.78 is 0. The molecule has 0 radical (unpaired) electrons. The zero-order valence-corrected chi connectivity index (χ0v) is 14.5. The number of rotatable bonds is 5. The van der Waals surface area contributed by atoms with E-state index in [0.717, 1.165) is 36.9 Å². The molecule has 1 aliphatic carbocycles. The minimum atomic E-state index is -0.255. The van der Waals surface area contributed by atoms with Crippen LogP contribution in [0.15, 0.2) is 24.3 Å². The van der Waals surface area contributed by atoms with Crippen LogP contribution in [-0.4, -0.2) is 47.3 Å². The summed E-state index contributed by atoms with van der Waals surface area (Å²) in [4.78, 5) is 17.3. The third kappa shape index (κ3) is 3.56. The minimum Gasteiger partial charge on any atom is -0.393 e. The van der Waals surface area contributed by atoms with E-state index in [2.05, 4.69) is 29.4 Å². The highest BCUT2D eigenvalue weighted by Crippen LogP contribution is 2.26. The minimum absolute atomic E-state index is 0.0633. The fraction of sp³-hybridized carbons (Fsp3) is 0.526. The summed E-state index contributed by atoms with van der Waals surface area (Å²) in [5, 5.41) is 14.1. The summed E-state index contributed by atoms with van der Waals surface area (Å²) >= 11 is 0. The van der Waals surface area contributed by atoms with Crippen LogP contribution in [-0.2, 0) is 6.42 Å². The quantitative estimate of drug-likeness (QED) is 0.789. The van der Waals surface area contributed by atoms with Crippen molar-refractivity contribution >= 4 is 16.9 Å². The molecule has 0 saturated heterocycles. The number of H-pyrrole nitrogens is 1. The first-order valence-electron chi connectivity index (χ1n) is 8.79. The number of carbonyl (C=O) groups excluding carboxylic acids is 1. The monoisotopic (exact) mass is 329 g/mol. The Bertz CT molecular complexity index is 710. The van der Waals surface area contributed by atoms with E-state index in [1.165, 1.54) is 10.9 Å². The number of nitrogens with one attached hydrogen (secondary N) is 2. The summed E-state index contributed by atoms with van der Waals surface area (Å²) in [5.74, 6) is 0.219. The van der Waals surface area contributed by atoms with E-state index in [9.17, 15) is 9.90 Å². The van der Waals surface area contributed by atoms with E-state index < -0.39 is 0 Å². The Morgan fingerprint density at radius 3 is 2.92 bits per heavy atom. The van der Waals surface area contributed by atoms with Crippen LogP contribution in [0.1, 0.15) is 30.5 Å². The van der Waals surface area contributed by atoms with Gasteiger partial charge in [-0.2, -0.15) is 0 Å². The highest BCUT2D eigenvalue weighted by molar-refractivity contribution is 5.84. The molecule has 24 heavy (non-hydrogen) atoms. The molecular weight excluding hydrogens is 302 g/mol. The molecule has 1 aliphatic rings. The number of hydrogen-bond acceptors (Lipinski definition) is 2. The molecule has 2 atom stereocenters. The number of amides is 2. The third-order valence-corrected chi connectivity index (χ3v) is 5.15. The molecule has 5 heteroatoms. The fourth-order valence-electron chi connectivity index (χ4n) is 3.75. The molecule has 3 rings (SSSR count). The van der Waals surface area contributed by atoms with Gasteiger partial charge in [0, 0.05) is 42.7 Å². The number of aliphatic hydroxyl groups is 1. The Balaban J connectivity index is 1.52. The van der Waals surface area contributed by atoms with Gasteiger partial charge < -0.3 is 20.3 Å². The smallest absolute Gasteiger partial charge is 0.317 e. The van der Waals surface area contributed by atoms with Crippen LogP contribution in [0.5, 0.6) is 0 Å². The second-order valence-electron chi connectivity index (χ2n) is 6.89. The fourth-order valence-corrected chi connectivity index (χ4v) is 3.75. The number of para-hydroxylation sites is 1. The number of aromatic nitrogens is 1. The van der Waals surface area contributed by atoms with E-state index in [1.54, 1.807) is 11.9 Å². The van der Waals surface area contributed by atoms with Crippen molar-refractivity contribution in [1.82, 2.24) is 15.2 Å². The molecule has 1 heterocycles. The summed E-state index contributed by atoms with van der Waals surface area (Å²) in [7, 11) is 1.80. The first-order valence-corrected chi connectivity index (χ1v) is 8.79. The molecule has 0 aliphatic heterocycles. The Kier molecular flexibility index (Phi) is 5.09. The zero-order chi connectivity index (χ0) is 17.1. The number of aromatic amines is 1. The highest BCUT2D eigenvalue weighted by Gasteiger charge is 2.27. The maximum Gasteiger partial charge on any atom is 0.317 e. The van der Waals surface area contributed by atoms with Crippen molar-refractivity contribution < 1.29 is 9.90 Å². The molecule has 2 aromatic rings. The molecule has 1 saturated carbocycles. The summed E-state index contributed by atoms with van der Waals surface area (Å²) in [6.45, 7) is 3.31. The Morgan fingerprint density at radius 1 is 1.38 bits per heavy atom. The van der Waals surface area contributed by atoms with E-state index >= 15 is 0 Å². The van der Waals surface area contributed by atoms with Gasteiger partial charge in [-0.05, 0) is 37.8 Å². The predicted molar refractivity (Wildman–Crippen MR) is 96.1 cm³/mol. The molecule has 5 nitrogen and oxygen atoms in total. The standard InChI is InChI=1S/C19H27N3O2/c1-13-15(16-7-3-4-8-17(16)21-13)10-11-20-19(24)22(2)12-14-6-5-9-18(14)23/h3-4,7-8,14,18,21,23H,5-6,9-12H2,1-2H3,(H,20,24). The maximum absolute atomic E-state index is 12.2. The normalized spacial score (nSPS) is 20.5. The molecule has 1 fully saturated rings. The number of carbonyl (C=O) groups is 1. The number of aliphatic hydroxyl groups excluding tert-OH is 1. The number of fused-ring (bicyclic) bond motifs is 1. The van der Waals surface area contributed by atoms with Gasteiger partial charge >= 0.3 is 6.03 Å². The largest absolute Gasteiger partial charge is 0.393 e. The first-order chi connectivity index (χ1) is 11.6. The number of nitrogens with zero attached hydrogens (tertiary/aromatic N) is 1. The van der Waals surface area contributed by atoms with Gasteiger partial charge in [-0.1, -0.05) is 24.6 Å². The van der Waals surface area contributed by atoms with Crippen molar-refractivity contribution in [3.8, 4) is 0 Å². The van der Waals surface area contributed by atoms with Crippen LogP contribution in [0, 0.1) is 12.8 Å². The molecule has 1 aromatic carbocycles.